The van der Waals surface area contributed by atoms with Gasteiger partial charge >= 0.3 is 6.18 Å². The Kier molecular flexibility index (Phi) is 4.84. The van der Waals surface area contributed by atoms with Gasteiger partial charge in [-0.3, -0.25) is 0 Å². The lowest BCUT2D eigenvalue weighted by Crippen LogP contribution is -2.21. The van der Waals surface area contributed by atoms with E-state index in [4.69, 9.17) is 10.5 Å². The molecule has 0 aromatic heterocycles. The van der Waals surface area contributed by atoms with E-state index < -0.39 is 11.7 Å². The Morgan fingerprint density at radius 3 is 2.61 bits per heavy atom. The average molecular weight is 262 g/mol. The van der Waals surface area contributed by atoms with Crippen LogP contribution in [0, 0.1) is 0 Å². The lowest BCUT2D eigenvalue weighted by Gasteiger charge is -2.18. The molecule has 0 radical (unpaired) electrons. The molecule has 102 valence electrons. The van der Waals surface area contributed by atoms with Crippen LogP contribution in [0.2, 0.25) is 0 Å². The Labute approximate surface area is 104 Å². The van der Waals surface area contributed by atoms with E-state index >= 15 is 0 Å². The van der Waals surface area contributed by atoms with Gasteiger partial charge in [-0.15, -0.1) is 0 Å². The quantitative estimate of drug-likeness (QED) is 0.801. The van der Waals surface area contributed by atoms with Crippen LogP contribution in [-0.2, 0) is 10.9 Å². The molecule has 6 heteroatoms. The SMILES string of the molecule is CCOC(C)CNc1ccc(N)cc1C(F)(F)F. The summed E-state index contributed by atoms with van der Waals surface area (Å²) >= 11 is 0. The average Bonchev–Trinajstić information content (AvgIpc) is 2.26. The molecule has 1 aromatic carbocycles. The third kappa shape index (κ3) is 4.10. The maximum Gasteiger partial charge on any atom is 0.418 e. The number of rotatable bonds is 5. The lowest BCUT2D eigenvalue weighted by atomic mass is 10.1. The summed E-state index contributed by atoms with van der Waals surface area (Å²) in [5.41, 5.74) is 4.72. The Morgan fingerprint density at radius 1 is 1.39 bits per heavy atom. The molecule has 0 bridgehead atoms. The summed E-state index contributed by atoms with van der Waals surface area (Å²) in [6.45, 7) is 4.46. The second-order valence-electron chi connectivity index (χ2n) is 3.95. The van der Waals surface area contributed by atoms with Gasteiger partial charge in [0.25, 0.3) is 0 Å². The van der Waals surface area contributed by atoms with E-state index in [2.05, 4.69) is 5.32 Å². The van der Waals surface area contributed by atoms with Crippen molar-refractivity contribution in [3.05, 3.63) is 23.8 Å². The number of alkyl halides is 3. The van der Waals surface area contributed by atoms with E-state index in [0.29, 0.717) is 13.2 Å². The highest BCUT2D eigenvalue weighted by Crippen LogP contribution is 2.36. The summed E-state index contributed by atoms with van der Waals surface area (Å²) in [6, 6.07) is 3.69. The van der Waals surface area contributed by atoms with Crippen LogP contribution in [-0.4, -0.2) is 19.3 Å². The normalized spacial score (nSPS) is 13.4. The highest BCUT2D eigenvalue weighted by atomic mass is 19.4. The number of anilines is 2. The maximum atomic E-state index is 12.8. The number of hydrogen-bond donors (Lipinski definition) is 2. The lowest BCUT2D eigenvalue weighted by molar-refractivity contribution is -0.136. The number of benzene rings is 1. The van der Waals surface area contributed by atoms with Crippen LogP contribution < -0.4 is 11.1 Å². The third-order valence-electron chi connectivity index (χ3n) is 2.38. The molecule has 3 nitrogen and oxygen atoms in total. The first kappa shape index (κ1) is 14.6. The number of ether oxygens (including phenoxy) is 1. The highest BCUT2D eigenvalue weighted by molar-refractivity contribution is 5.59. The van der Waals surface area contributed by atoms with Crippen LogP contribution in [0.25, 0.3) is 0 Å². The Balaban J connectivity index is 2.82. The maximum absolute atomic E-state index is 12.8. The third-order valence-corrected chi connectivity index (χ3v) is 2.38. The fourth-order valence-corrected chi connectivity index (χ4v) is 1.55. The van der Waals surface area contributed by atoms with E-state index in [1.165, 1.54) is 12.1 Å². The second kappa shape index (κ2) is 5.95. The zero-order valence-corrected chi connectivity index (χ0v) is 10.3. The monoisotopic (exact) mass is 262 g/mol. The van der Waals surface area contributed by atoms with E-state index in [1.54, 1.807) is 6.92 Å². The molecule has 1 unspecified atom stereocenters. The molecule has 0 spiro atoms. The number of nitrogens with two attached hydrogens (primary N) is 1. The minimum absolute atomic E-state index is 0.0169. The van der Waals surface area contributed by atoms with Crippen molar-refractivity contribution in [1.29, 1.82) is 0 Å². The van der Waals surface area contributed by atoms with Gasteiger partial charge in [-0.25, -0.2) is 0 Å². The van der Waals surface area contributed by atoms with Gasteiger partial charge in [-0.2, -0.15) is 13.2 Å². The van der Waals surface area contributed by atoms with Gasteiger partial charge in [-0.1, -0.05) is 0 Å². The molecular formula is C12H17F3N2O. The van der Waals surface area contributed by atoms with Gasteiger partial charge in [0.05, 0.1) is 11.7 Å². The zero-order chi connectivity index (χ0) is 13.8. The van der Waals surface area contributed by atoms with Gasteiger partial charge in [-0.05, 0) is 32.0 Å². The summed E-state index contributed by atoms with van der Waals surface area (Å²) in [6.07, 6.45) is -4.58. The molecule has 0 aliphatic carbocycles. The van der Waals surface area contributed by atoms with Crippen LogP contribution in [0.3, 0.4) is 0 Å². The minimum atomic E-state index is -4.42. The van der Waals surface area contributed by atoms with Crippen molar-refractivity contribution < 1.29 is 17.9 Å². The van der Waals surface area contributed by atoms with Gasteiger partial charge in [0, 0.05) is 24.5 Å². The van der Waals surface area contributed by atoms with E-state index in [9.17, 15) is 13.2 Å². The standard InChI is InChI=1S/C12H17F3N2O/c1-3-18-8(2)7-17-11-5-4-9(16)6-10(11)12(13,14)15/h4-6,8,17H,3,7,16H2,1-2H3. The number of nitrogens with one attached hydrogen (secondary N) is 1. The molecule has 0 heterocycles. The Hall–Kier alpha value is -1.43. The molecule has 1 rings (SSSR count). The van der Waals surface area contributed by atoms with Gasteiger partial charge < -0.3 is 15.8 Å². The van der Waals surface area contributed by atoms with Crippen molar-refractivity contribution in [2.45, 2.75) is 26.1 Å². The molecule has 3 N–H and O–H groups in total. The predicted molar refractivity (Wildman–Crippen MR) is 65.4 cm³/mol. The van der Waals surface area contributed by atoms with Gasteiger partial charge in [0.1, 0.15) is 0 Å². The number of halogens is 3. The molecule has 0 amide bonds. The van der Waals surface area contributed by atoms with Crippen LogP contribution in [0.5, 0.6) is 0 Å². The summed E-state index contributed by atoms with van der Waals surface area (Å²) in [7, 11) is 0. The van der Waals surface area contributed by atoms with E-state index in [-0.39, 0.29) is 17.5 Å². The molecule has 0 fully saturated rings. The predicted octanol–water partition coefficient (Wildman–Crippen LogP) is 3.12. The topological polar surface area (TPSA) is 47.3 Å². The molecule has 0 saturated heterocycles. The van der Waals surface area contributed by atoms with Crippen molar-refractivity contribution in [2.24, 2.45) is 0 Å². The summed E-state index contributed by atoms with van der Waals surface area (Å²) in [5, 5.41) is 2.73. The zero-order valence-electron chi connectivity index (χ0n) is 10.3. The van der Waals surface area contributed by atoms with Crippen molar-refractivity contribution in [2.75, 3.05) is 24.2 Å². The van der Waals surface area contributed by atoms with Crippen LogP contribution >= 0.6 is 0 Å². The molecule has 1 aromatic rings. The molecule has 1 atom stereocenters. The molecular weight excluding hydrogens is 245 g/mol. The number of hydrogen-bond acceptors (Lipinski definition) is 3. The molecule has 0 aliphatic heterocycles. The van der Waals surface area contributed by atoms with E-state index in [1.807, 2.05) is 6.92 Å². The van der Waals surface area contributed by atoms with Gasteiger partial charge in [0.2, 0.25) is 0 Å². The first-order valence-electron chi connectivity index (χ1n) is 5.66. The second-order valence-corrected chi connectivity index (χ2v) is 3.95. The minimum Gasteiger partial charge on any atom is -0.399 e. The van der Waals surface area contributed by atoms with Crippen LogP contribution in [0.4, 0.5) is 24.5 Å². The first-order valence-corrected chi connectivity index (χ1v) is 5.66. The Bertz CT molecular complexity index is 393. The van der Waals surface area contributed by atoms with Crippen LogP contribution in [0.1, 0.15) is 19.4 Å². The van der Waals surface area contributed by atoms with Crippen molar-refractivity contribution in [1.82, 2.24) is 0 Å². The fourth-order valence-electron chi connectivity index (χ4n) is 1.55. The number of nitrogen functional groups attached to an aromatic ring is 1. The molecule has 18 heavy (non-hydrogen) atoms. The van der Waals surface area contributed by atoms with Gasteiger partial charge in [0.15, 0.2) is 0 Å². The van der Waals surface area contributed by atoms with Crippen molar-refractivity contribution >= 4 is 11.4 Å². The smallest absolute Gasteiger partial charge is 0.399 e. The first-order chi connectivity index (χ1) is 8.34. The van der Waals surface area contributed by atoms with E-state index in [0.717, 1.165) is 6.07 Å². The molecule has 0 aliphatic rings. The van der Waals surface area contributed by atoms with Crippen molar-refractivity contribution in [3.8, 4) is 0 Å². The molecule has 0 saturated carbocycles. The largest absolute Gasteiger partial charge is 0.418 e. The van der Waals surface area contributed by atoms with Crippen LogP contribution in [0.15, 0.2) is 18.2 Å². The Morgan fingerprint density at radius 2 is 2.06 bits per heavy atom. The summed E-state index contributed by atoms with van der Waals surface area (Å²) < 4.78 is 43.6. The summed E-state index contributed by atoms with van der Waals surface area (Å²) in [4.78, 5) is 0. The fraction of sp³-hybridized carbons (Fsp3) is 0.500. The highest BCUT2D eigenvalue weighted by Gasteiger charge is 2.33. The van der Waals surface area contributed by atoms with Crippen molar-refractivity contribution in [3.63, 3.8) is 0 Å². The summed E-state index contributed by atoms with van der Waals surface area (Å²) in [5.74, 6) is 0.